The Labute approximate surface area is 121 Å². The van der Waals surface area contributed by atoms with Crippen molar-refractivity contribution in [3.8, 4) is 0 Å². The molecule has 0 aliphatic carbocycles. The van der Waals surface area contributed by atoms with Gasteiger partial charge in [-0.1, -0.05) is 13.3 Å². The van der Waals surface area contributed by atoms with Gasteiger partial charge in [-0.15, -0.1) is 0 Å². The van der Waals surface area contributed by atoms with E-state index in [2.05, 4.69) is 0 Å². The molecule has 1 aliphatic rings. The van der Waals surface area contributed by atoms with E-state index in [0.29, 0.717) is 39.1 Å². The van der Waals surface area contributed by atoms with Gasteiger partial charge in [0.1, 0.15) is 0 Å². The molecule has 20 heavy (non-hydrogen) atoms. The largest absolute Gasteiger partial charge is 0.340 e. The summed E-state index contributed by atoms with van der Waals surface area (Å²) >= 11 is 0. The number of piperazine rings is 1. The first-order chi connectivity index (χ1) is 9.32. The lowest BCUT2D eigenvalue weighted by Gasteiger charge is -2.35. The lowest BCUT2D eigenvalue weighted by Crippen LogP contribution is -2.53. The number of rotatable bonds is 6. The number of carbonyl (C=O) groups excluding carboxylic acids is 1. The zero-order valence-corrected chi connectivity index (χ0v) is 13.4. The Morgan fingerprint density at radius 1 is 1.25 bits per heavy atom. The highest BCUT2D eigenvalue weighted by atomic mass is 32.2. The molecule has 1 aliphatic heterocycles. The normalized spacial score (nSPS) is 19.4. The van der Waals surface area contributed by atoms with E-state index >= 15 is 0 Å². The molecule has 1 amide bonds. The quantitative estimate of drug-likeness (QED) is 0.704. The van der Waals surface area contributed by atoms with Gasteiger partial charge in [0, 0.05) is 46.7 Å². The molecule has 0 saturated carbocycles. The third-order valence-electron chi connectivity index (χ3n) is 3.75. The molecule has 1 atom stereocenters. The fourth-order valence-electron chi connectivity index (χ4n) is 2.17. The Balaban J connectivity index is 2.52. The van der Waals surface area contributed by atoms with Crippen LogP contribution in [0, 0.1) is 5.92 Å². The third kappa shape index (κ3) is 4.15. The second-order valence-corrected chi connectivity index (χ2v) is 7.43. The molecule has 1 unspecified atom stereocenters. The van der Waals surface area contributed by atoms with Crippen LogP contribution >= 0.6 is 0 Å². The number of amides is 1. The van der Waals surface area contributed by atoms with Crippen LogP contribution in [0.25, 0.3) is 0 Å². The van der Waals surface area contributed by atoms with E-state index in [1.54, 1.807) is 4.90 Å². The molecule has 8 heteroatoms. The smallest absolute Gasteiger partial charge is 0.281 e. The van der Waals surface area contributed by atoms with E-state index < -0.39 is 10.2 Å². The van der Waals surface area contributed by atoms with E-state index in [0.717, 1.165) is 6.42 Å². The fourth-order valence-corrected chi connectivity index (χ4v) is 3.26. The maximum Gasteiger partial charge on any atom is 0.281 e. The van der Waals surface area contributed by atoms with E-state index in [1.165, 1.54) is 22.7 Å². The number of nitrogens with two attached hydrogens (primary N) is 1. The van der Waals surface area contributed by atoms with Crippen molar-refractivity contribution < 1.29 is 13.2 Å². The van der Waals surface area contributed by atoms with Crippen molar-refractivity contribution in [1.82, 2.24) is 13.5 Å². The van der Waals surface area contributed by atoms with Crippen LogP contribution < -0.4 is 5.73 Å². The van der Waals surface area contributed by atoms with Crippen molar-refractivity contribution in [1.29, 1.82) is 0 Å². The van der Waals surface area contributed by atoms with Crippen LogP contribution in [0.15, 0.2) is 0 Å². The molecule has 0 aromatic heterocycles. The van der Waals surface area contributed by atoms with Crippen LogP contribution in [-0.4, -0.2) is 74.7 Å². The van der Waals surface area contributed by atoms with Gasteiger partial charge in [-0.25, -0.2) is 0 Å². The van der Waals surface area contributed by atoms with Gasteiger partial charge < -0.3 is 10.6 Å². The van der Waals surface area contributed by atoms with Gasteiger partial charge in [0.15, 0.2) is 0 Å². The minimum Gasteiger partial charge on any atom is -0.340 e. The highest BCUT2D eigenvalue weighted by molar-refractivity contribution is 7.86. The Hall–Kier alpha value is -0.700. The van der Waals surface area contributed by atoms with Crippen molar-refractivity contribution in [3.63, 3.8) is 0 Å². The summed E-state index contributed by atoms with van der Waals surface area (Å²) in [6.45, 7) is 4.14. The molecule has 0 spiro atoms. The highest BCUT2D eigenvalue weighted by Gasteiger charge is 2.30. The molecule has 0 bridgehead atoms. The predicted octanol–water partition coefficient (Wildman–Crippen LogP) is -0.688. The average molecular weight is 306 g/mol. The van der Waals surface area contributed by atoms with Crippen LogP contribution in [0.3, 0.4) is 0 Å². The molecule has 1 heterocycles. The van der Waals surface area contributed by atoms with Gasteiger partial charge in [-0.05, 0) is 12.5 Å². The Morgan fingerprint density at radius 2 is 1.80 bits per heavy atom. The summed E-state index contributed by atoms with van der Waals surface area (Å²) in [6.07, 6.45) is 1.34. The Morgan fingerprint density at radius 3 is 2.20 bits per heavy atom. The van der Waals surface area contributed by atoms with Gasteiger partial charge in [-0.3, -0.25) is 4.79 Å². The van der Waals surface area contributed by atoms with Gasteiger partial charge in [-0.2, -0.15) is 17.0 Å². The first kappa shape index (κ1) is 17.4. The van der Waals surface area contributed by atoms with Crippen molar-refractivity contribution in [2.75, 3.05) is 46.8 Å². The Kier molecular flexibility index (Phi) is 6.38. The summed E-state index contributed by atoms with van der Waals surface area (Å²) in [5, 5.41) is 0. The summed E-state index contributed by atoms with van der Waals surface area (Å²) in [6, 6.07) is 0. The van der Waals surface area contributed by atoms with E-state index in [4.69, 9.17) is 5.73 Å². The first-order valence-corrected chi connectivity index (χ1v) is 8.38. The van der Waals surface area contributed by atoms with Crippen molar-refractivity contribution >= 4 is 16.1 Å². The SMILES string of the molecule is CCC(CN)CC(=O)N1CCN(S(=O)(=O)N(C)C)CC1. The first-order valence-electron chi connectivity index (χ1n) is 6.98. The minimum absolute atomic E-state index is 0.0733. The molecule has 118 valence electrons. The number of nitrogens with zero attached hydrogens (tertiary/aromatic N) is 3. The third-order valence-corrected chi connectivity index (χ3v) is 5.69. The molecular weight excluding hydrogens is 280 g/mol. The predicted molar refractivity (Wildman–Crippen MR) is 78.2 cm³/mol. The molecule has 1 saturated heterocycles. The van der Waals surface area contributed by atoms with Gasteiger partial charge in [0.2, 0.25) is 5.91 Å². The number of carbonyl (C=O) groups is 1. The molecule has 1 fully saturated rings. The second-order valence-electron chi connectivity index (χ2n) is 5.28. The van der Waals surface area contributed by atoms with Crippen LogP contribution in [-0.2, 0) is 15.0 Å². The highest BCUT2D eigenvalue weighted by Crippen LogP contribution is 2.13. The average Bonchev–Trinajstić information content (AvgIpc) is 2.44. The fraction of sp³-hybridized carbons (Fsp3) is 0.917. The monoisotopic (exact) mass is 306 g/mol. The summed E-state index contributed by atoms with van der Waals surface area (Å²) < 4.78 is 26.5. The topological polar surface area (TPSA) is 87.0 Å². The Bertz CT molecular complexity index is 412. The van der Waals surface area contributed by atoms with Crippen molar-refractivity contribution in [2.24, 2.45) is 11.7 Å². The molecule has 2 N–H and O–H groups in total. The number of hydrogen-bond donors (Lipinski definition) is 1. The lowest BCUT2D eigenvalue weighted by molar-refractivity contribution is -0.133. The molecule has 0 radical (unpaired) electrons. The summed E-state index contributed by atoms with van der Waals surface area (Å²) in [7, 11) is -0.345. The summed E-state index contributed by atoms with van der Waals surface area (Å²) in [4.78, 5) is 13.8. The van der Waals surface area contributed by atoms with Crippen molar-refractivity contribution in [3.05, 3.63) is 0 Å². The molecule has 1 rings (SSSR count). The van der Waals surface area contributed by atoms with Crippen LogP contribution in [0.5, 0.6) is 0 Å². The second kappa shape index (κ2) is 7.35. The lowest BCUT2D eigenvalue weighted by atomic mass is 10.0. The molecule has 7 nitrogen and oxygen atoms in total. The van der Waals surface area contributed by atoms with E-state index in [9.17, 15) is 13.2 Å². The summed E-state index contributed by atoms with van der Waals surface area (Å²) in [5.41, 5.74) is 5.61. The minimum atomic E-state index is -3.37. The van der Waals surface area contributed by atoms with Gasteiger partial charge >= 0.3 is 0 Å². The maximum atomic E-state index is 12.1. The molecule has 0 aromatic carbocycles. The van der Waals surface area contributed by atoms with Gasteiger partial charge in [0.05, 0.1) is 0 Å². The zero-order valence-electron chi connectivity index (χ0n) is 12.6. The van der Waals surface area contributed by atoms with Crippen molar-refractivity contribution in [2.45, 2.75) is 19.8 Å². The van der Waals surface area contributed by atoms with Gasteiger partial charge in [0.25, 0.3) is 10.2 Å². The van der Waals surface area contributed by atoms with E-state index in [1.807, 2.05) is 6.92 Å². The van der Waals surface area contributed by atoms with E-state index in [-0.39, 0.29) is 11.8 Å². The maximum absolute atomic E-state index is 12.1. The standard InChI is InChI=1S/C12H26N4O3S/c1-4-11(10-13)9-12(17)15-5-7-16(8-6-15)20(18,19)14(2)3/h11H,4-10,13H2,1-3H3. The number of hydrogen-bond acceptors (Lipinski definition) is 4. The van der Waals surface area contributed by atoms with Crippen LogP contribution in [0.2, 0.25) is 0 Å². The molecule has 0 aromatic rings. The van der Waals surface area contributed by atoms with Crippen LogP contribution in [0.1, 0.15) is 19.8 Å². The summed E-state index contributed by atoms with van der Waals surface area (Å²) in [5.74, 6) is 0.287. The zero-order chi connectivity index (χ0) is 15.3. The van der Waals surface area contributed by atoms with Crippen LogP contribution in [0.4, 0.5) is 0 Å². The molecular formula is C12H26N4O3S.